The van der Waals surface area contributed by atoms with Gasteiger partial charge in [-0.2, -0.15) is 0 Å². The molecule has 0 aliphatic rings. The Bertz CT molecular complexity index is 521. The lowest BCUT2D eigenvalue weighted by molar-refractivity contribution is 0.430. The highest BCUT2D eigenvalue weighted by molar-refractivity contribution is 5.79. The zero-order chi connectivity index (χ0) is 12.8. The molecule has 1 heterocycles. The van der Waals surface area contributed by atoms with Crippen molar-refractivity contribution in [2.24, 2.45) is 0 Å². The van der Waals surface area contributed by atoms with Gasteiger partial charge in [-0.3, -0.25) is 0 Å². The van der Waals surface area contributed by atoms with E-state index in [0.717, 1.165) is 11.3 Å². The molecule has 0 unspecified atom stereocenters. The lowest BCUT2D eigenvalue weighted by Crippen LogP contribution is -2.10. The second-order valence-corrected chi connectivity index (χ2v) is 6.86. The van der Waals surface area contributed by atoms with Crippen LogP contribution in [0.1, 0.15) is 52.9 Å². The lowest BCUT2D eigenvalue weighted by atomic mass is 9.86. The van der Waals surface area contributed by atoms with Crippen LogP contribution in [-0.4, -0.2) is 0 Å². The molecule has 17 heavy (non-hydrogen) atoms. The molecule has 0 fully saturated rings. The monoisotopic (exact) mass is 230 g/mol. The number of hydrogen-bond acceptors (Lipinski definition) is 1. The normalized spacial score (nSPS) is 13.3. The molecule has 0 spiro atoms. The Hall–Kier alpha value is -1.24. The fraction of sp³-hybridized carbons (Fsp3) is 0.500. The lowest BCUT2D eigenvalue weighted by Gasteiger charge is -2.18. The minimum Gasteiger partial charge on any atom is -0.461 e. The van der Waals surface area contributed by atoms with Gasteiger partial charge in [0.15, 0.2) is 0 Å². The molecule has 1 aromatic carbocycles. The van der Waals surface area contributed by atoms with Gasteiger partial charge in [-0.25, -0.2) is 0 Å². The van der Waals surface area contributed by atoms with Crippen LogP contribution in [0.25, 0.3) is 11.0 Å². The number of rotatable bonds is 0. The van der Waals surface area contributed by atoms with E-state index in [-0.39, 0.29) is 10.8 Å². The Kier molecular flexibility index (Phi) is 2.61. The molecule has 1 aromatic heterocycles. The Balaban J connectivity index is 2.56. The third kappa shape index (κ3) is 2.38. The van der Waals surface area contributed by atoms with Crippen molar-refractivity contribution in [3.05, 3.63) is 35.6 Å². The molecule has 0 saturated carbocycles. The molecule has 2 rings (SSSR count). The van der Waals surface area contributed by atoms with Gasteiger partial charge >= 0.3 is 0 Å². The fourth-order valence-electron chi connectivity index (χ4n) is 1.88. The maximum Gasteiger partial charge on any atom is 0.134 e. The first-order chi connectivity index (χ1) is 7.68. The summed E-state index contributed by atoms with van der Waals surface area (Å²) in [4.78, 5) is 0. The number of fused-ring (bicyclic) bond motifs is 1. The van der Waals surface area contributed by atoms with Crippen LogP contribution in [0.2, 0.25) is 0 Å². The molecule has 0 aliphatic heterocycles. The van der Waals surface area contributed by atoms with Crippen LogP contribution in [0, 0.1) is 0 Å². The predicted molar refractivity (Wildman–Crippen MR) is 73.6 cm³/mol. The topological polar surface area (TPSA) is 13.1 Å². The Morgan fingerprint density at radius 1 is 0.824 bits per heavy atom. The molecule has 1 heteroatoms. The minimum absolute atomic E-state index is 0.0704. The Labute approximate surface area is 104 Å². The summed E-state index contributed by atoms with van der Waals surface area (Å²) in [5.74, 6) is 1.05. The summed E-state index contributed by atoms with van der Waals surface area (Å²) in [5.41, 5.74) is 2.60. The summed E-state index contributed by atoms with van der Waals surface area (Å²) in [6.07, 6.45) is 0. The summed E-state index contributed by atoms with van der Waals surface area (Å²) in [5, 5.41) is 1.21. The van der Waals surface area contributed by atoms with Crippen molar-refractivity contribution in [3.8, 4) is 0 Å². The van der Waals surface area contributed by atoms with Crippen molar-refractivity contribution in [1.29, 1.82) is 0 Å². The van der Waals surface area contributed by atoms with Crippen molar-refractivity contribution in [3.63, 3.8) is 0 Å². The summed E-state index contributed by atoms with van der Waals surface area (Å²) in [7, 11) is 0. The summed E-state index contributed by atoms with van der Waals surface area (Å²) in [6, 6.07) is 8.67. The van der Waals surface area contributed by atoms with Crippen molar-refractivity contribution in [1.82, 2.24) is 0 Å². The minimum atomic E-state index is 0.0704. The molecular weight excluding hydrogens is 208 g/mol. The first-order valence-corrected chi connectivity index (χ1v) is 6.22. The van der Waals surface area contributed by atoms with Gasteiger partial charge < -0.3 is 4.42 Å². The quantitative estimate of drug-likeness (QED) is 0.618. The largest absolute Gasteiger partial charge is 0.461 e. The molecule has 0 amide bonds. The summed E-state index contributed by atoms with van der Waals surface area (Å²) < 4.78 is 5.90. The molecule has 0 radical (unpaired) electrons. The van der Waals surface area contributed by atoms with Gasteiger partial charge in [0, 0.05) is 10.8 Å². The highest BCUT2D eigenvalue weighted by Crippen LogP contribution is 2.32. The van der Waals surface area contributed by atoms with Gasteiger partial charge in [-0.15, -0.1) is 0 Å². The van der Waals surface area contributed by atoms with Gasteiger partial charge in [-0.1, -0.05) is 47.6 Å². The van der Waals surface area contributed by atoms with Gasteiger partial charge in [0.2, 0.25) is 0 Å². The molecule has 0 bridgehead atoms. The van der Waals surface area contributed by atoms with Crippen LogP contribution in [-0.2, 0) is 10.8 Å². The molecular formula is C16H22O. The number of hydrogen-bond donors (Lipinski definition) is 0. The van der Waals surface area contributed by atoms with E-state index in [1.807, 2.05) is 0 Å². The van der Waals surface area contributed by atoms with Crippen molar-refractivity contribution >= 4 is 11.0 Å². The fourth-order valence-corrected chi connectivity index (χ4v) is 1.88. The highest BCUT2D eigenvalue weighted by atomic mass is 16.3. The molecule has 0 N–H and O–H groups in total. The van der Waals surface area contributed by atoms with Crippen LogP contribution < -0.4 is 0 Å². The van der Waals surface area contributed by atoms with Gasteiger partial charge in [0.1, 0.15) is 11.3 Å². The zero-order valence-electron chi connectivity index (χ0n) is 11.7. The van der Waals surface area contributed by atoms with Gasteiger partial charge in [0.05, 0.1) is 0 Å². The van der Waals surface area contributed by atoms with E-state index in [4.69, 9.17) is 4.42 Å². The zero-order valence-corrected chi connectivity index (χ0v) is 11.7. The second kappa shape index (κ2) is 3.63. The average molecular weight is 230 g/mol. The maximum absolute atomic E-state index is 5.90. The smallest absolute Gasteiger partial charge is 0.134 e. The van der Waals surface area contributed by atoms with Crippen molar-refractivity contribution in [2.75, 3.05) is 0 Å². The number of benzene rings is 1. The van der Waals surface area contributed by atoms with Crippen LogP contribution in [0.4, 0.5) is 0 Å². The molecule has 1 nitrogen and oxygen atoms in total. The van der Waals surface area contributed by atoms with E-state index in [2.05, 4.69) is 65.8 Å². The standard InChI is InChI=1S/C16H22O/c1-15(2,3)12-7-8-13-11(9-12)10-14(17-13)16(4,5)6/h7-10H,1-6H3. The van der Waals surface area contributed by atoms with Crippen LogP contribution in [0.5, 0.6) is 0 Å². The average Bonchev–Trinajstić information content (AvgIpc) is 2.57. The predicted octanol–water partition coefficient (Wildman–Crippen LogP) is 5.03. The summed E-state index contributed by atoms with van der Waals surface area (Å²) >= 11 is 0. The Morgan fingerprint density at radius 2 is 1.47 bits per heavy atom. The second-order valence-electron chi connectivity index (χ2n) is 6.86. The molecule has 2 aromatic rings. The molecule has 92 valence electrons. The number of furan rings is 1. The van der Waals surface area contributed by atoms with Crippen LogP contribution in [0.3, 0.4) is 0 Å². The third-order valence-corrected chi connectivity index (χ3v) is 3.12. The van der Waals surface area contributed by atoms with E-state index in [0.29, 0.717) is 0 Å². The van der Waals surface area contributed by atoms with Gasteiger partial charge in [0.25, 0.3) is 0 Å². The Morgan fingerprint density at radius 3 is 2.00 bits per heavy atom. The molecule has 0 saturated heterocycles. The summed E-state index contributed by atoms with van der Waals surface area (Å²) in [6.45, 7) is 13.2. The van der Waals surface area contributed by atoms with Crippen LogP contribution in [0.15, 0.2) is 28.7 Å². The van der Waals surface area contributed by atoms with Crippen molar-refractivity contribution < 1.29 is 4.42 Å². The molecule has 0 atom stereocenters. The first kappa shape index (κ1) is 12.2. The van der Waals surface area contributed by atoms with E-state index in [1.54, 1.807) is 0 Å². The maximum atomic E-state index is 5.90. The van der Waals surface area contributed by atoms with E-state index in [9.17, 15) is 0 Å². The van der Waals surface area contributed by atoms with Gasteiger partial charge in [-0.05, 0) is 29.2 Å². The first-order valence-electron chi connectivity index (χ1n) is 6.22. The van der Waals surface area contributed by atoms with E-state index in [1.165, 1.54) is 10.9 Å². The third-order valence-electron chi connectivity index (χ3n) is 3.12. The van der Waals surface area contributed by atoms with Crippen molar-refractivity contribution in [2.45, 2.75) is 52.4 Å². The van der Waals surface area contributed by atoms with E-state index >= 15 is 0 Å². The SMILES string of the molecule is CC(C)(C)c1ccc2oc(C(C)(C)C)cc2c1. The highest BCUT2D eigenvalue weighted by Gasteiger charge is 2.20. The molecule has 0 aliphatic carbocycles. The van der Waals surface area contributed by atoms with Crippen LogP contribution >= 0.6 is 0 Å². The van der Waals surface area contributed by atoms with E-state index < -0.39 is 0 Å².